The van der Waals surface area contributed by atoms with Crippen LogP contribution in [0.4, 0.5) is 10.3 Å². The van der Waals surface area contributed by atoms with Gasteiger partial charge in [-0.25, -0.2) is 14.4 Å². The fraction of sp³-hybridized carbons (Fsp3) is 0.238. The largest absolute Gasteiger partial charge is 0.353 e. The first-order chi connectivity index (χ1) is 12.7. The van der Waals surface area contributed by atoms with Crippen LogP contribution in [0.25, 0.3) is 11.3 Å². The molecule has 4 rings (SSSR count). The van der Waals surface area contributed by atoms with Crippen LogP contribution in [0.3, 0.4) is 0 Å². The first-order valence-corrected chi connectivity index (χ1v) is 8.83. The van der Waals surface area contributed by atoms with Crippen LogP contribution in [0.5, 0.6) is 0 Å². The number of anilines is 1. The first-order valence-electron chi connectivity index (χ1n) is 8.83. The molecule has 0 spiro atoms. The van der Waals surface area contributed by atoms with Crippen molar-refractivity contribution in [3.05, 3.63) is 77.2 Å². The SMILES string of the molecule is Cc1cnc(NCC2Cc3ccccc3CN2)nc1-c1ccccc1F. The zero-order valence-electron chi connectivity index (χ0n) is 14.7. The molecule has 2 heterocycles. The number of nitrogens with one attached hydrogen (secondary N) is 2. The molecule has 1 unspecified atom stereocenters. The molecule has 0 saturated carbocycles. The maximum absolute atomic E-state index is 14.1. The van der Waals surface area contributed by atoms with Crippen LogP contribution < -0.4 is 10.6 Å². The smallest absolute Gasteiger partial charge is 0.223 e. The van der Waals surface area contributed by atoms with Gasteiger partial charge in [-0.2, -0.15) is 0 Å². The van der Waals surface area contributed by atoms with Crippen LogP contribution in [-0.2, 0) is 13.0 Å². The third-order valence-corrected chi connectivity index (χ3v) is 4.77. The summed E-state index contributed by atoms with van der Waals surface area (Å²) in [5, 5.41) is 6.83. The van der Waals surface area contributed by atoms with Crippen molar-refractivity contribution in [2.45, 2.75) is 25.9 Å². The highest BCUT2D eigenvalue weighted by molar-refractivity contribution is 5.64. The molecule has 0 amide bonds. The molecule has 2 N–H and O–H groups in total. The molecule has 26 heavy (non-hydrogen) atoms. The van der Waals surface area contributed by atoms with Crippen LogP contribution in [0.2, 0.25) is 0 Å². The number of aryl methyl sites for hydroxylation is 1. The standard InChI is InChI=1S/C21H21FN4/c1-14-11-24-21(26-20(14)18-8-4-5-9-19(18)22)25-13-17-10-15-6-2-3-7-16(15)12-23-17/h2-9,11,17,23H,10,12-13H2,1H3,(H,24,25,26). The molecule has 5 heteroatoms. The number of fused-ring (bicyclic) bond motifs is 1. The lowest BCUT2D eigenvalue weighted by Crippen LogP contribution is -2.40. The van der Waals surface area contributed by atoms with Gasteiger partial charge in [0.2, 0.25) is 5.95 Å². The van der Waals surface area contributed by atoms with Gasteiger partial charge in [0.1, 0.15) is 5.82 Å². The van der Waals surface area contributed by atoms with Crippen molar-refractivity contribution >= 4 is 5.95 Å². The fourth-order valence-corrected chi connectivity index (χ4v) is 3.33. The summed E-state index contributed by atoms with van der Waals surface area (Å²) in [5.74, 6) is 0.250. The maximum atomic E-state index is 14.1. The van der Waals surface area contributed by atoms with Crippen molar-refractivity contribution in [2.75, 3.05) is 11.9 Å². The Morgan fingerprint density at radius 1 is 1.12 bits per heavy atom. The second-order valence-electron chi connectivity index (χ2n) is 6.64. The quantitative estimate of drug-likeness (QED) is 0.754. The Bertz CT molecular complexity index is 925. The average Bonchev–Trinajstić information content (AvgIpc) is 2.68. The summed E-state index contributed by atoms with van der Waals surface area (Å²) in [6.45, 7) is 3.48. The highest BCUT2D eigenvalue weighted by Gasteiger charge is 2.18. The summed E-state index contributed by atoms with van der Waals surface area (Å²) < 4.78 is 14.1. The van der Waals surface area contributed by atoms with Crippen molar-refractivity contribution < 1.29 is 4.39 Å². The molecule has 0 saturated heterocycles. The third-order valence-electron chi connectivity index (χ3n) is 4.77. The van der Waals surface area contributed by atoms with Crippen LogP contribution in [-0.4, -0.2) is 22.6 Å². The van der Waals surface area contributed by atoms with Gasteiger partial charge in [-0.1, -0.05) is 36.4 Å². The van der Waals surface area contributed by atoms with E-state index < -0.39 is 0 Å². The predicted molar refractivity (Wildman–Crippen MR) is 101 cm³/mol. The van der Waals surface area contributed by atoms with Gasteiger partial charge in [-0.3, -0.25) is 0 Å². The molecule has 4 nitrogen and oxygen atoms in total. The van der Waals surface area contributed by atoms with Gasteiger partial charge in [0.05, 0.1) is 5.69 Å². The van der Waals surface area contributed by atoms with Crippen LogP contribution in [0, 0.1) is 12.7 Å². The molecule has 132 valence electrons. The number of hydrogen-bond acceptors (Lipinski definition) is 4. The second kappa shape index (κ2) is 7.22. The van der Waals surface area contributed by atoms with Crippen molar-refractivity contribution in [2.24, 2.45) is 0 Å². The Kier molecular flexibility index (Phi) is 4.63. The van der Waals surface area contributed by atoms with Gasteiger partial charge in [-0.05, 0) is 42.2 Å². The van der Waals surface area contributed by atoms with E-state index in [1.54, 1.807) is 18.3 Å². The van der Waals surface area contributed by atoms with Gasteiger partial charge in [0.15, 0.2) is 0 Å². The molecule has 0 radical (unpaired) electrons. The average molecular weight is 348 g/mol. The third kappa shape index (κ3) is 3.44. The summed E-state index contributed by atoms with van der Waals surface area (Å²) in [6, 6.07) is 15.5. The van der Waals surface area contributed by atoms with Gasteiger partial charge < -0.3 is 10.6 Å². The topological polar surface area (TPSA) is 49.8 Å². The number of aromatic nitrogens is 2. The van der Waals surface area contributed by atoms with Crippen LogP contribution in [0.1, 0.15) is 16.7 Å². The lowest BCUT2D eigenvalue weighted by molar-refractivity contribution is 0.496. The number of nitrogens with zero attached hydrogens (tertiary/aromatic N) is 2. The number of rotatable bonds is 4. The summed E-state index contributed by atoms with van der Waals surface area (Å²) in [4.78, 5) is 8.89. The Morgan fingerprint density at radius 3 is 2.73 bits per heavy atom. The van der Waals surface area contributed by atoms with E-state index >= 15 is 0 Å². The van der Waals surface area contributed by atoms with E-state index in [4.69, 9.17) is 0 Å². The van der Waals surface area contributed by atoms with E-state index in [1.165, 1.54) is 17.2 Å². The van der Waals surface area contributed by atoms with Gasteiger partial charge in [0, 0.05) is 30.9 Å². The molecule has 0 bridgehead atoms. The number of hydrogen-bond donors (Lipinski definition) is 2. The minimum Gasteiger partial charge on any atom is -0.353 e. The van der Waals surface area contributed by atoms with Gasteiger partial charge >= 0.3 is 0 Å². The molecule has 1 aliphatic heterocycles. The molecule has 1 aliphatic rings. The zero-order valence-corrected chi connectivity index (χ0v) is 14.7. The summed E-state index contributed by atoms with van der Waals surface area (Å²) >= 11 is 0. The van der Waals surface area contributed by atoms with Crippen molar-refractivity contribution in [3.63, 3.8) is 0 Å². The zero-order chi connectivity index (χ0) is 17.9. The minimum atomic E-state index is -0.272. The Morgan fingerprint density at radius 2 is 1.88 bits per heavy atom. The Hall–Kier alpha value is -2.79. The Labute approximate surface area is 152 Å². The molecular weight excluding hydrogens is 327 g/mol. The molecule has 0 fully saturated rings. The van der Waals surface area contributed by atoms with Gasteiger partial charge in [-0.15, -0.1) is 0 Å². The number of halogens is 1. The summed E-state index contributed by atoms with van der Waals surface area (Å²) in [6.07, 6.45) is 2.70. The van der Waals surface area contributed by atoms with Gasteiger partial charge in [0.25, 0.3) is 0 Å². The van der Waals surface area contributed by atoms with Crippen molar-refractivity contribution in [1.82, 2.24) is 15.3 Å². The van der Waals surface area contributed by atoms with Crippen molar-refractivity contribution in [3.8, 4) is 11.3 Å². The van der Waals surface area contributed by atoms with E-state index in [0.717, 1.165) is 18.5 Å². The van der Waals surface area contributed by atoms with E-state index in [-0.39, 0.29) is 5.82 Å². The number of benzene rings is 2. The minimum absolute atomic E-state index is 0.272. The monoisotopic (exact) mass is 348 g/mol. The highest BCUT2D eigenvalue weighted by Crippen LogP contribution is 2.24. The molecule has 1 atom stereocenters. The van der Waals surface area contributed by atoms with Crippen LogP contribution >= 0.6 is 0 Å². The van der Waals surface area contributed by atoms with Crippen LogP contribution in [0.15, 0.2) is 54.7 Å². The molecule has 1 aromatic heterocycles. The molecular formula is C21H21FN4. The lowest BCUT2D eigenvalue weighted by atomic mass is 9.96. The van der Waals surface area contributed by atoms with E-state index in [9.17, 15) is 4.39 Å². The highest BCUT2D eigenvalue weighted by atomic mass is 19.1. The second-order valence-corrected chi connectivity index (χ2v) is 6.64. The van der Waals surface area contributed by atoms with Crippen molar-refractivity contribution in [1.29, 1.82) is 0 Å². The van der Waals surface area contributed by atoms with E-state index in [0.29, 0.717) is 29.8 Å². The van der Waals surface area contributed by atoms with E-state index in [2.05, 4.69) is 44.9 Å². The normalized spacial score (nSPS) is 16.2. The Balaban J connectivity index is 1.48. The summed E-state index contributed by atoms with van der Waals surface area (Å²) in [7, 11) is 0. The lowest BCUT2D eigenvalue weighted by Gasteiger charge is -2.26. The summed E-state index contributed by atoms with van der Waals surface area (Å²) in [5.41, 5.74) is 4.72. The molecule has 2 aromatic carbocycles. The first kappa shape index (κ1) is 16.7. The molecule has 3 aromatic rings. The molecule has 0 aliphatic carbocycles. The van der Waals surface area contributed by atoms with E-state index in [1.807, 2.05) is 13.0 Å². The fourth-order valence-electron chi connectivity index (χ4n) is 3.33. The predicted octanol–water partition coefficient (Wildman–Crippen LogP) is 3.72. The maximum Gasteiger partial charge on any atom is 0.223 e.